The van der Waals surface area contributed by atoms with Crippen molar-refractivity contribution >= 4 is 12.0 Å². The number of urea groups is 1. The van der Waals surface area contributed by atoms with Gasteiger partial charge in [0.1, 0.15) is 0 Å². The number of carboxylic acids is 1. The summed E-state index contributed by atoms with van der Waals surface area (Å²) < 4.78 is 0. The van der Waals surface area contributed by atoms with Crippen LogP contribution in [-0.4, -0.2) is 41.1 Å². The minimum Gasteiger partial charge on any atom is -0.481 e. The first-order chi connectivity index (χ1) is 10.0. The molecule has 0 aliphatic carbocycles. The molecule has 2 atom stereocenters. The van der Waals surface area contributed by atoms with Crippen LogP contribution in [0, 0.1) is 5.92 Å². The summed E-state index contributed by atoms with van der Waals surface area (Å²) in [5.41, 5.74) is 0. The van der Waals surface area contributed by atoms with Crippen LogP contribution in [0.2, 0.25) is 0 Å². The topological polar surface area (TPSA) is 69.6 Å². The van der Waals surface area contributed by atoms with Crippen LogP contribution in [0.3, 0.4) is 0 Å². The van der Waals surface area contributed by atoms with Gasteiger partial charge < -0.3 is 15.3 Å². The van der Waals surface area contributed by atoms with Crippen molar-refractivity contribution in [1.29, 1.82) is 0 Å². The van der Waals surface area contributed by atoms with Gasteiger partial charge in [0.15, 0.2) is 0 Å². The van der Waals surface area contributed by atoms with E-state index in [9.17, 15) is 9.59 Å². The first-order valence-electron chi connectivity index (χ1n) is 8.30. The lowest BCUT2D eigenvalue weighted by molar-refractivity contribution is -0.137. The third-order valence-corrected chi connectivity index (χ3v) is 4.37. The van der Waals surface area contributed by atoms with Gasteiger partial charge in [-0.2, -0.15) is 0 Å². The zero-order valence-corrected chi connectivity index (χ0v) is 13.4. The quantitative estimate of drug-likeness (QED) is 0.758. The van der Waals surface area contributed by atoms with Gasteiger partial charge in [0.25, 0.3) is 0 Å². The highest BCUT2D eigenvalue weighted by Crippen LogP contribution is 2.19. The average Bonchev–Trinajstić information content (AvgIpc) is 2.70. The third-order valence-electron chi connectivity index (χ3n) is 4.37. The minimum atomic E-state index is -0.749. The zero-order valence-electron chi connectivity index (χ0n) is 13.4. The van der Waals surface area contributed by atoms with Crippen molar-refractivity contribution in [1.82, 2.24) is 10.2 Å². The Labute approximate surface area is 128 Å². The zero-order chi connectivity index (χ0) is 15.7. The average molecular weight is 298 g/mol. The Morgan fingerprint density at radius 1 is 1.29 bits per heavy atom. The van der Waals surface area contributed by atoms with Crippen molar-refractivity contribution in [2.45, 2.75) is 71.3 Å². The number of carbonyl (C=O) groups is 2. The number of likely N-dealkylation sites (tertiary alicyclic amines) is 1. The SMILES string of the molecule is CCC1CCCCCN1C(=O)NCCC(C)CCC(=O)O. The Hall–Kier alpha value is -1.26. The predicted octanol–water partition coefficient (Wildman–Crippen LogP) is 3.24. The van der Waals surface area contributed by atoms with Gasteiger partial charge in [0, 0.05) is 25.6 Å². The third kappa shape index (κ3) is 6.82. The van der Waals surface area contributed by atoms with Gasteiger partial charge in [-0.15, -0.1) is 0 Å². The summed E-state index contributed by atoms with van der Waals surface area (Å²) in [6.07, 6.45) is 7.37. The molecule has 1 rings (SSSR count). The lowest BCUT2D eigenvalue weighted by atomic mass is 10.0. The molecular weight excluding hydrogens is 268 g/mol. The summed E-state index contributed by atoms with van der Waals surface area (Å²) in [6.45, 7) is 5.67. The van der Waals surface area contributed by atoms with Gasteiger partial charge in [-0.1, -0.05) is 26.7 Å². The summed E-state index contributed by atoms with van der Waals surface area (Å²) in [7, 11) is 0. The van der Waals surface area contributed by atoms with E-state index in [0.717, 1.165) is 32.2 Å². The van der Waals surface area contributed by atoms with E-state index >= 15 is 0 Å². The smallest absolute Gasteiger partial charge is 0.317 e. The molecule has 1 heterocycles. The van der Waals surface area contributed by atoms with E-state index in [1.165, 1.54) is 12.8 Å². The van der Waals surface area contributed by atoms with E-state index < -0.39 is 5.97 Å². The van der Waals surface area contributed by atoms with Crippen LogP contribution in [0.15, 0.2) is 0 Å². The first-order valence-corrected chi connectivity index (χ1v) is 8.30. The van der Waals surface area contributed by atoms with Crippen molar-refractivity contribution in [2.75, 3.05) is 13.1 Å². The molecule has 1 fully saturated rings. The molecule has 5 nitrogen and oxygen atoms in total. The number of nitrogens with zero attached hydrogens (tertiary/aromatic N) is 1. The van der Waals surface area contributed by atoms with E-state index in [0.29, 0.717) is 24.9 Å². The standard InChI is InChI=1S/C16H30N2O3/c1-3-14-7-5-4-6-12-18(14)16(21)17-11-10-13(2)8-9-15(19)20/h13-14H,3-12H2,1-2H3,(H,17,21)(H,19,20). The minimum absolute atomic E-state index is 0.0502. The Kier molecular flexibility index (Phi) is 8.16. The normalized spacial score (nSPS) is 20.7. The van der Waals surface area contributed by atoms with Crippen LogP contribution >= 0.6 is 0 Å². The summed E-state index contributed by atoms with van der Waals surface area (Å²) in [4.78, 5) is 24.8. The molecule has 0 aromatic carbocycles. The van der Waals surface area contributed by atoms with Crippen molar-refractivity contribution < 1.29 is 14.7 Å². The molecule has 0 radical (unpaired) electrons. The Morgan fingerprint density at radius 2 is 2.05 bits per heavy atom. The molecule has 0 bridgehead atoms. The van der Waals surface area contributed by atoms with Crippen LogP contribution < -0.4 is 5.32 Å². The van der Waals surface area contributed by atoms with Crippen LogP contribution in [0.4, 0.5) is 4.79 Å². The second kappa shape index (κ2) is 9.64. The molecule has 2 unspecified atom stereocenters. The molecule has 0 aromatic rings. The lowest BCUT2D eigenvalue weighted by Crippen LogP contribution is -2.46. The fourth-order valence-electron chi connectivity index (χ4n) is 2.91. The second-order valence-electron chi connectivity index (χ2n) is 6.16. The van der Waals surface area contributed by atoms with Gasteiger partial charge in [-0.3, -0.25) is 4.79 Å². The Morgan fingerprint density at radius 3 is 2.71 bits per heavy atom. The lowest BCUT2D eigenvalue weighted by Gasteiger charge is -2.29. The van der Waals surface area contributed by atoms with Crippen LogP contribution in [0.25, 0.3) is 0 Å². The van der Waals surface area contributed by atoms with E-state index in [1.807, 2.05) is 11.8 Å². The molecule has 1 aliphatic heterocycles. The number of amides is 2. The molecule has 1 aliphatic rings. The van der Waals surface area contributed by atoms with E-state index in [2.05, 4.69) is 12.2 Å². The van der Waals surface area contributed by atoms with E-state index in [-0.39, 0.29) is 12.5 Å². The summed E-state index contributed by atoms with van der Waals surface area (Å²) in [6, 6.07) is 0.422. The number of carboxylic acid groups (broad SMARTS) is 1. The highest BCUT2D eigenvalue weighted by Gasteiger charge is 2.23. The fraction of sp³-hybridized carbons (Fsp3) is 0.875. The van der Waals surface area contributed by atoms with Crippen molar-refractivity contribution in [3.8, 4) is 0 Å². The van der Waals surface area contributed by atoms with Crippen LogP contribution in [0.1, 0.15) is 65.2 Å². The molecule has 2 N–H and O–H groups in total. The molecule has 0 aromatic heterocycles. The van der Waals surface area contributed by atoms with Crippen molar-refractivity contribution in [2.24, 2.45) is 5.92 Å². The maximum absolute atomic E-state index is 12.3. The van der Waals surface area contributed by atoms with E-state index in [4.69, 9.17) is 5.11 Å². The van der Waals surface area contributed by atoms with Gasteiger partial charge in [0.2, 0.25) is 0 Å². The first kappa shape index (κ1) is 17.8. The van der Waals surface area contributed by atoms with E-state index in [1.54, 1.807) is 0 Å². The van der Waals surface area contributed by atoms with Gasteiger partial charge in [-0.25, -0.2) is 4.79 Å². The summed E-state index contributed by atoms with van der Waals surface area (Å²) in [5, 5.41) is 11.7. The number of hydrogen-bond acceptors (Lipinski definition) is 2. The van der Waals surface area contributed by atoms with Gasteiger partial charge in [0.05, 0.1) is 0 Å². The maximum Gasteiger partial charge on any atom is 0.317 e. The highest BCUT2D eigenvalue weighted by molar-refractivity contribution is 5.74. The Balaban J connectivity index is 2.29. The second-order valence-corrected chi connectivity index (χ2v) is 6.16. The van der Waals surface area contributed by atoms with Crippen molar-refractivity contribution in [3.05, 3.63) is 0 Å². The molecule has 122 valence electrons. The summed E-state index contributed by atoms with van der Waals surface area (Å²) >= 11 is 0. The van der Waals surface area contributed by atoms with Crippen molar-refractivity contribution in [3.63, 3.8) is 0 Å². The Bertz CT molecular complexity index is 333. The highest BCUT2D eigenvalue weighted by atomic mass is 16.4. The molecule has 0 saturated carbocycles. The van der Waals surface area contributed by atoms with Crippen LogP contribution in [0.5, 0.6) is 0 Å². The van der Waals surface area contributed by atoms with Gasteiger partial charge >= 0.3 is 12.0 Å². The largest absolute Gasteiger partial charge is 0.481 e. The molecular formula is C16H30N2O3. The number of hydrogen-bond donors (Lipinski definition) is 2. The molecule has 21 heavy (non-hydrogen) atoms. The monoisotopic (exact) mass is 298 g/mol. The molecule has 5 heteroatoms. The van der Waals surface area contributed by atoms with Crippen LogP contribution in [-0.2, 0) is 4.79 Å². The number of nitrogens with one attached hydrogen (secondary N) is 1. The number of rotatable bonds is 7. The molecule has 0 spiro atoms. The van der Waals surface area contributed by atoms with Gasteiger partial charge in [-0.05, 0) is 38.0 Å². The number of carbonyl (C=O) groups excluding carboxylic acids is 1. The molecule has 1 saturated heterocycles. The number of aliphatic carboxylic acids is 1. The fourth-order valence-corrected chi connectivity index (χ4v) is 2.91. The summed E-state index contributed by atoms with van der Waals surface area (Å²) in [5.74, 6) is -0.422. The predicted molar refractivity (Wildman–Crippen MR) is 83.3 cm³/mol. The molecule has 2 amide bonds. The maximum atomic E-state index is 12.3.